The largest absolute Gasteiger partial charge is 0.443 e. The first-order valence-corrected chi connectivity index (χ1v) is 12.5. The maximum absolute atomic E-state index is 13.0. The normalized spacial score (nSPS) is 11.7. The van der Waals surface area contributed by atoms with Crippen LogP contribution in [0.1, 0.15) is 4.88 Å². The number of halogens is 1. The number of hydrogen-bond donors (Lipinski definition) is 2. The maximum Gasteiger partial charge on any atom is 0.333 e. The van der Waals surface area contributed by atoms with Gasteiger partial charge in [-0.1, -0.05) is 11.6 Å². The number of sulfonamides is 1. The quantitative estimate of drug-likeness (QED) is 0.359. The van der Waals surface area contributed by atoms with Gasteiger partial charge >= 0.3 is 6.03 Å². The molecule has 34 heavy (non-hydrogen) atoms. The van der Waals surface area contributed by atoms with Crippen LogP contribution in [-0.2, 0) is 10.0 Å². The number of rotatable bonds is 4. The lowest BCUT2D eigenvalue weighted by molar-refractivity contribution is 0.256. The highest BCUT2D eigenvalue weighted by molar-refractivity contribution is 7.92. The number of benzene rings is 2. The number of aromatic nitrogens is 2. The summed E-state index contributed by atoms with van der Waals surface area (Å²) < 4.78 is 33.4. The fourth-order valence-corrected chi connectivity index (χ4v) is 6.00. The topological polar surface area (TPSA) is 123 Å². The van der Waals surface area contributed by atoms with Crippen LogP contribution in [0.15, 0.2) is 74.5 Å². The number of carbonyl (C=O) groups is 1. The van der Waals surface area contributed by atoms with E-state index in [0.29, 0.717) is 37.8 Å². The number of fused-ring (bicyclic) bond motifs is 2. The molecule has 2 amide bonds. The van der Waals surface area contributed by atoms with Crippen LogP contribution in [0.5, 0.6) is 0 Å². The molecule has 0 aliphatic carbocycles. The summed E-state index contributed by atoms with van der Waals surface area (Å²) in [4.78, 5) is 30.0. The zero-order valence-electron chi connectivity index (χ0n) is 17.4. The van der Waals surface area contributed by atoms with E-state index in [-0.39, 0.29) is 9.77 Å². The van der Waals surface area contributed by atoms with Crippen LogP contribution in [0.2, 0.25) is 5.02 Å². The van der Waals surface area contributed by atoms with Crippen molar-refractivity contribution in [1.82, 2.24) is 14.3 Å². The summed E-state index contributed by atoms with van der Waals surface area (Å²) in [5.74, 6) is 0. The number of hydrogen-bond acceptors (Lipinski definition) is 7. The van der Waals surface area contributed by atoms with Gasteiger partial charge in [0.2, 0.25) is 0 Å². The predicted molar refractivity (Wildman–Crippen MR) is 131 cm³/mol. The zero-order chi connectivity index (χ0) is 24.0. The molecule has 2 aromatic carbocycles. The number of aryl methyl sites for hydroxylation is 1. The van der Waals surface area contributed by atoms with E-state index in [9.17, 15) is 18.0 Å². The molecule has 0 aliphatic rings. The number of oxazole rings is 1. The van der Waals surface area contributed by atoms with E-state index < -0.39 is 16.1 Å². The van der Waals surface area contributed by atoms with Crippen LogP contribution in [-0.4, -0.2) is 24.0 Å². The first-order valence-electron chi connectivity index (χ1n) is 9.80. The average Bonchev–Trinajstić information content (AvgIpc) is 3.39. The van der Waals surface area contributed by atoms with Gasteiger partial charge in [-0.3, -0.25) is 9.36 Å². The summed E-state index contributed by atoms with van der Waals surface area (Å²) in [6.45, 7) is 1.68. The van der Waals surface area contributed by atoms with Crippen LogP contribution in [0.25, 0.3) is 27.6 Å². The summed E-state index contributed by atoms with van der Waals surface area (Å²) in [5.41, 5.74) is 1.84. The molecule has 12 heteroatoms. The van der Waals surface area contributed by atoms with Gasteiger partial charge in [0.05, 0.1) is 10.4 Å². The van der Waals surface area contributed by atoms with Gasteiger partial charge in [-0.25, -0.2) is 22.9 Å². The molecule has 0 unspecified atom stereocenters. The molecule has 3 heterocycles. The molecular formula is C22H15ClN4O5S2. The fraction of sp³-hybridized carbons (Fsp3) is 0.0455. The van der Waals surface area contributed by atoms with Gasteiger partial charge in [0.15, 0.2) is 12.0 Å². The van der Waals surface area contributed by atoms with Gasteiger partial charge in [-0.05, 0) is 60.8 Å². The van der Waals surface area contributed by atoms with Gasteiger partial charge in [0, 0.05) is 22.4 Å². The fourth-order valence-electron chi connectivity index (χ4n) is 3.40. The summed E-state index contributed by atoms with van der Waals surface area (Å²) in [6, 6.07) is 12.0. The van der Waals surface area contributed by atoms with Crippen molar-refractivity contribution in [2.24, 2.45) is 0 Å². The minimum Gasteiger partial charge on any atom is -0.443 e. The molecule has 5 rings (SSSR count). The number of anilines is 1. The van der Waals surface area contributed by atoms with Crippen molar-refractivity contribution in [3.8, 4) is 5.69 Å². The molecule has 0 bridgehead atoms. The first kappa shape index (κ1) is 22.1. The lowest BCUT2D eigenvalue weighted by atomic mass is 10.1. The molecule has 0 spiro atoms. The van der Waals surface area contributed by atoms with Gasteiger partial charge in [-0.2, -0.15) is 0 Å². The lowest BCUT2D eigenvalue weighted by Gasteiger charge is -2.10. The minimum absolute atomic E-state index is 0.0567. The molecule has 172 valence electrons. The van der Waals surface area contributed by atoms with Crippen LogP contribution in [0.3, 0.4) is 0 Å². The van der Waals surface area contributed by atoms with Crippen molar-refractivity contribution in [3.05, 3.63) is 81.4 Å². The van der Waals surface area contributed by atoms with E-state index in [4.69, 9.17) is 16.0 Å². The summed E-state index contributed by atoms with van der Waals surface area (Å²) in [6.07, 6.45) is 2.97. The van der Waals surface area contributed by atoms with Crippen molar-refractivity contribution in [2.75, 3.05) is 5.32 Å². The molecule has 2 N–H and O–H groups in total. The number of thiophene rings is 1. The molecule has 9 nitrogen and oxygen atoms in total. The molecule has 3 aromatic heterocycles. The molecule has 0 atom stereocenters. The van der Waals surface area contributed by atoms with E-state index in [1.54, 1.807) is 55.6 Å². The summed E-state index contributed by atoms with van der Waals surface area (Å²) in [7, 11) is -4.06. The Kier molecular flexibility index (Phi) is 5.39. The van der Waals surface area contributed by atoms with Gasteiger partial charge in [0.1, 0.15) is 9.73 Å². The second-order valence-electron chi connectivity index (χ2n) is 7.33. The van der Waals surface area contributed by atoms with E-state index >= 15 is 0 Å². The highest BCUT2D eigenvalue weighted by Gasteiger charge is 2.21. The molecule has 0 saturated carbocycles. The van der Waals surface area contributed by atoms with Gasteiger partial charge in [-0.15, -0.1) is 11.3 Å². The number of amides is 2. The number of urea groups is 1. The second kappa shape index (κ2) is 8.28. The molecule has 0 fully saturated rings. The third kappa shape index (κ3) is 4.04. The first-order chi connectivity index (χ1) is 16.2. The number of nitrogens with one attached hydrogen (secondary N) is 2. The predicted octanol–water partition coefficient (Wildman–Crippen LogP) is 4.67. The molecule has 5 aromatic rings. The van der Waals surface area contributed by atoms with Crippen molar-refractivity contribution in [1.29, 1.82) is 0 Å². The Hall–Kier alpha value is -3.67. The number of nitrogens with zero attached hydrogens (tertiary/aromatic N) is 2. The Morgan fingerprint density at radius 2 is 1.91 bits per heavy atom. The van der Waals surface area contributed by atoms with Crippen molar-refractivity contribution >= 4 is 66.6 Å². The average molecular weight is 515 g/mol. The van der Waals surface area contributed by atoms with Crippen LogP contribution >= 0.6 is 22.9 Å². The highest BCUT2D eigenvalue weighted by Crippen LogP contribution is 2.29. The van der Waals surface area contributed by atoms with E-state index in [0.717, 1.165) is 16.7 Å². The number of carbonyl (C=O) groups excluding carboxylic acids is 1. The van der Waals surface area contributed by atoms with Crippen LogP contribution in [0.4, 0.5) is 10.5 Å². The van der Waals surface area contributed by atoms with Crippen molar-refractivity contribution < 1.29 is 17.6 Å². The Balaban J connectivity index is 1.36. The Bertz CT molecular complexity index is 1720. The van der Waals surface area contributed by atoms with Crippen molar-refractivity contribution in [2.45, 2.75) is 11.1 Å². The minimum atomic E-state index is -4.06. The summed E-state index contributed by atoms with van der Waals surface area (Å²) in [5, 5.41) is 3.99. The van der Waals surface area contributed by atoms with E-state index in [2.05, 4.69) is 10.3 Å². The Morgan fingerprint density at radius 1 is 1.15 bits per heavy atom. The van der Waals surface area contributed by atoms with Crippen LogP contribution < -0.4 is 15.6 Å². The Morgan fingerprint density at radius 3 is 2.62 bits per heavy atom. The van der Waals surface area contributed by atoms with Gasteiger partial charge in [0.25, 0.3) is 15.6 Å². The third-order valence-corrected chi connectivity index (χ3v) is 8.44. The standard InChI is InChI=1S/C22H15ClN4O5S2/c1-12-17(23)10-20(33-12)34(30,31)26-22(29)25-14-2-4-15(5-3-14)27-7-6-13-8-18-19(32-11-24-18)9-16(13)21(27)28/h2-11H,1H3,(H2,25,26,29). The number of pyridine rings is 1. The molecular weight excluding hydrogens is 500 g/mol. The van der Waals surface area contributed by atoms with Crippen LogP contribution in [0, 0.1) is 6.92 Å². The van der Waals surface area contributed by atoms with Gasteiger partial charge < -0.3 is 9.73 Å². The third-order valence-electron chi connectivity index (χ3n) is 5.08. The highest BCUT2D eigenvalue weighted by atomic mass is 35.5. The maximum atomic E-state index is 13.0. The lowest BCUT2D eigenvalue weighted by Crippen LogP contribution is -2.33. The van der Waals surface area contributed by atoms with E-state index in [1.165, 1.54) is 17.0 Å². The molecule has 0 aliphatic heterocycles. The zero-order valence-corrected chi connectivity index (χ0v) is 19.8. The monoisotopic (exact) mass is 514 g/mol. The second-order valence-corrected chi connectivity index (χ2v) is 10.9. The van der Waals surface area contributed by atoms with E-state index in [1.807, 2.05) is 4.72 Å². The van der Waals surface area contributed by atoms with Crippen molar-refractivity contribution in [3.63, 3.8) is 0 Å². The smallest absolute Gasteiger partial charge is 0.333 e. The molecule has 0 radical (unpaired) electrons. The SMILES string of the molecule is Cc1sc(S(=O)(=O)NC(=O)Nc2ccc(-n3ccc4cc5ncoc5cc4c3=O)cc2)cc1Cl. The summed E-state index contributed by atoms with van der Waals surface area (Å²) >= 11 is 6.88. The molecule has 0 saturated heterocycles. The Labute approximate surface area is 201 Å².